The minimum Gasteiger partial charge on any atom is -0.461 e. The van der Waals surface area contributed by atoms with Gasteiger partial charge in [0.15, 0.2) is 0 Å². The standard InChI is InChI=1S/C15H27NO2/c1-2-3-5-8-13-11-14(18-15(13)17)12-16-9-6-4-7-10-16/h13-14H,2-12H2,1H3. The van der Waals surface area contributed by atoms with Crippen LogP contribution >= 0.6 is 0 Å². The van der Waals surface area contributed by atoms with Gasteiger partial charge in [0.1, 0.15) is 6.10 Å². The molecule has 0 aromatic carbocycles. The number of cyclic esters (lactones) is 1. The number of esters is 1. The first-order chi connectivity index (χ1) is 8.79. The van der Waals surface area contributed by atoms with Crippen LogP contribution < -0.4 is 0 Å². The van der Waals surface area contributed by atoms with Crippen LogP contribution in [0.2, 0.25) is 0 Å². The van der Waals surface area contributed by atoms with Crippen LogP contribution in [-0.4, -0.2) is 36.6 Å². The quantitative estimate of drug-likeness (QED) is 0.538. The molecule has 2 rings (SSSR count). The molecule has 2 aliphatic rings. The van der Waals surface area contributed by atoms with Crippen molar-refractivity contribution in [3.63, 3.8) is 0 Å². The van der Waals surface area contributed by atoms with E-state index in [1.165, 1.54) is 51.6 Å². The number of unbranched alkanes of at least 4 members (excludes halogenated alkanes) is 2. The molecule has 2 heterocycles. The molecule has 0 saturated carbocycles. The Bertz CT molecular complexity index is 261. The molecule has 2 aliphatic heterocycles. The molecule has 3 heteroatoms. The minimum absolute atomic E-state index is 0.0631. The third-order valence-corrected chi connectivity index (χ3v) is 4.23. The van der Waals surface area contributed by atoms with Gasteiger partial charge in [0, 0.05) is 6.54 Å². The summed E-state index contributed by atoms with van der Waals surface area (Å²) in [6, 6.07) is 0. The van der Waals surface area contributed by atoms with E-state index in [0.29, 0.717) is 0 Å². The van der Waals surface area contributed by atoms with Crippen molar-refractivity contribution in [3.8, 4) is 0 Å². The first kappa shape index (κ1) is 13.9. The molecule has 2 unspecified atom stereocenters. The van der Waals surface area contributed by atoms with E-state index >= 15 is 0 Å². The number of hydrogen-bond donors (Lipinski definition) is 0. The van der Waals surface area contributed by atoms with Gasteiger partial charge in [-0.3, -0.25) is 9.69 Å². The summed E-state index contributed by atoms with van der Waals surface area (Å²) in [4.78, 5) is 14.2. The number of likely N-dealkylation sites (tertiary alicyclic amines) is 1. The second-order valence-electron chi connectivity index (χ2n) is 5.85. The summed E-state index contributed by atoms with van der Waals surface area (Å²) in [5, 5.41) is 0. The van der Waals surface area contributed by atoms with Crippen LogP contribution in [0.15, 0.2) is 0 Å². The Morgan fingerprint density at radius 3 is 2.72 bits per heavy atom. The highest BCUT2D eigenvalue weighted by atomic mass is 16.6. The molecule has 0 aromatic heterocycles. The van der Waals surface area contributed by atoms with Crippen LogP contribution in [0.5, 0.6) is 0 Å². The average Bonchev–Trinajstić information content (AvgIpc) is 2.71. The van der Waals surface area contributed by atoms with Gasteiger partial charge in [-0.1, -0.05) is 32.6 Å². The van der Waals surface area contributed by atoms with E-state index in [1.54, 1.807) is 0 Å². The van der Waals surface area contributed by atoms with Gasteiger partial charge < -0.3 is 4.74 Å². The molecule has 18 heavy (non-hydrogen) atoms. The van der Waals surface area contributed by atoms with Gasteiger partial charge in [0.05, 0.1) is 5.92 Å². The number of carbonyl (C=O) groups excluding carboxylic acids is 1. The molecular formula is C15H27NO2. The first-order valence-corrected chi connectivity index (χ1v) is 7.72. The summed E-state index contributed by atoms with van der Waals surface area (Å²) in [7, 11) is 0. The molecule has 0 N–H and O–H groups in total. The zero-order valence-corrected chi connectivity index (χ0v) is 11.7. The van der Waals surface area contributed by atoms with Crippen molar-refractivity contribution in [2.45, 2.75) is 64.4 Å². The van der Waals surface area contributed by atoms with Gasteiger partial charge in [0.25, 0.3) is 0 Å². The van der Waals surface area contributed by atoms with Crippen molar-refractivity contribution in [3.05, 3.63) is 0 Å². The smallest absolute Gasteiger partial charge is 0.309 e. The highest BCUT2D eigenvalue weighted by Gasteiger charge is 2.34. The van der Waals surface area contributed by atoms with Crippen LogP contribution in [0.4, 0.5) is 0 Å². The highest BCUT2D eigenvalue weighted by molar-refractivity contribution is 5.74. The molecule has 104 valence electrons. The van der Waals surface area contributed by atoms with E-state index in [9.17, 15) is 4.79 Å². The second kappa shape index (κ2) is 7.13. The normalized spacial score (nSPS) is 29.5. The maximum atomic E-state index is 11.8. The summed E-state index contributed by atoms with van der Waals surface area (Å²) in [5.74, 6) is 0.249. The zero-order chi connectivity index (χ0) is 12.8. The van der Waals surface area contributed by atoms with Gasteiger partial charge in [-0.05, 0) is 38.8 Å². The van der Waals surface area contributed by atoms with Crippen LogP contribution in [0.3, 0.4) is 0 Å². The number of carbonyl (C=O) groups is 1. The van der Waals surface area contributed by atoms with E-state index in [1.807, 2.05) is 0 Å². The Kier molecular flexibility index (Phi) is 5.48. The Hall–Kier alpha value is -0.570. The van der Waals surface area contributed by atoms with Gasteiger partial charge >= 0.3 is 5.97 Å². The Balaban J connectivity index is 1.70. The van der Waals surface area contributed by atoms with Crippen molar-refractivity contribution in [1.29, 1.82) is 0 Å². The molecule has 0 aromatic rings. The molecule has 0 amide bonds. The summed E-state index contributed by atoms with van der Waals surface area (Å²) in [6.07, 6.45) is 9.76. The van der Waals surface area contributed by atoms with E-state index in [0.717, 1.165) is 19.4 Å². The number of hydrogen-bond acceptors (Lipinski definition) is 3. The van der Waals surface area contributed by atoms with Crippen LogP contribution in [0.25, 0.3) is 0 Å². The van der Waals surface area contributed by atoms with E-state index in [-0.39, 0.29) is 18.0 Å². The van der Waals surface area contributed by atoms with Crippen molar-refractivity contribution in [2.24, 2.45) is 5.92 Å². The molecule has 2 saturated heterocycles. The fraction of sp³-hybridized carbons (Fsp3) is 0.933. The lowest BCUT2D eigenvalue weighted by Crippen LogP contribution is -2.36. The molecule has 0 bridgehead atoms. The van der Waals surface area contributed by atoms with Crippen LogP contribution in [0.1, 0.15) is 58.3 Å². The Labute approximate surface area is 111 Å². The topological polar surface area (TPSA) is 29.5 Å². The van der Waals surface area contributed by atoms with Gasteiger partial charge in [-0.15, -0.1) is 0 Å². The minimum atomic E-state index is 0.0631. The van der Waals surface area contributed by atoms with Crippen molar-refractivity contribution >= 4 is 5.97 Å². The van der Waals surface area contributed by atoms with Crippen molar-refractivity contribution in [2.75, 3.05) is 19.6 Å². The Morgan fingerprint density at radius 2 is 2.00 bits per heavy atom. The van der Waals surface area contributed by atoms with Gasteiger partial charge in [-0.25, -0.2) is 0 Å². The second-order valence-corrected chi connectivity index (χ2v) is 5.85. The predicted octanol–water partition coefficient (Wildman–Crippen LogP) is 2.98. The SMILES string of the molecule is CCCCCC1CC(CN2CCCCC2)OC1=O. The average molecular weight is 253 g/mol. The number of nitrogens with zero attached hydrogens (tertiary/aromatic N) is 1. The maximum Gasteiger partial charge on any atom is 0.309 e. The van der Waals surface area contributed by atoms with Crippen molar-refractivity contribution < 1.29 is 9.53 Å². The van der Waals surface area contributed by atoms with Gasteiger partial charge in [-0.2, -0.15) is 0 Å². The summed E-state index contributed by atoms with van der Waals surface area (Å²) in [6.45, 7) is 5.55. The number of piperidine rings is 1. The molecule has 0 radical (unpaired) electrons. The third kappa shape index (κ3) is 3.98. The largest absolute Gasteiger partial charge is 0.461 e. The molecule has 0 spiro atoms. The molecule has 2 fully saturated rings. The lowest BCUT2D eigenvalue weighted by Gasteiger charge is -2.28. The molecule has 0 aliphatic carbocycles. The summed E-state index contributed by atoms with van der Waals surface area (Å²) < 4.78 is 5.53. The molecule has 2 atom stereocenters. The zero-order valence-electron chi connectivity index (χ0n) is 11.7. The monoisotopic (exact) mass is 253 g/mol. The molecular weight excluding hydrogens is 226 g/mol. The lowest BCUT2D eigenvalue weighted by molar-refractivity contribution is -0.145. The van der Waals surface area contributed by atoms with Crippen molar-refractivity contribution in [1.82, 2.24) is 4.90 Å². The number of rotatable bonds is 6. The lowest BCUT2D eigenvalue weighted by atomic mass is 9.97. The third-order valence-electron chi connectivity index (χ3n) is 4.23. The summed E-state index contributed by atoms with van der Waals surface area (Å²) >= 11 is 0. The fourth-order valence-corrected chi connectivity index (χ4v) is 3.14. The van der Waals surface area contributed by atoms with Crippen LogP contribution in [-0.2, 0) is 9.53 Å². The molecule has 3 nitrogen and oxygen atoms in total. The van der Waals surface area contributed by atoms with E-state index in [4.69, 9.17) is 4.74 Å². The van der Waals surface area contributed by atoms with E-state index in [2.05, 4.69) is 11.8 Å². The predicted molar refractivity (Wildman–Crippen MR) is 72.4 cm³/mol. The van der Waals surface area contributed by atoms with Crippen LogP contribution in [0, 0.1) is 5.92 Å². The summed E-state index contributed by atoms with van der Waals surface area (Å²) in [5.41, 5.74) is 0. The fourth-order valence-electron chi connectivity index (χ4n) is 3.14. The Morgan fingerprint density at radius 1 is 1.22 bits per heavy atom. The number of ether oxygens (including phenoxy) is 1. The highest BCUT2D eigenvalue weighted by Crippen LogP contribution is 2.27. The maximum absolute atomic E-state index is 11.8. The van der Waals surface area contributed by atoms with Gasteiger partial charge in [0.2, 0.25) is 0 Å². The first-order valence-electron chi connectivity index (χ1n) is 7.72. The van der Waals surface area contributed by atoms with E-state index < -0.39 is 0 Å².